The van der Waals surface area contributed by atoms with Crippen LogP contribution in [0.25, 0.3) is 0 Å². The van der Waals surface area contributed by atoms with Crippen molar-refractivity contribution in [1.29, 1.82) is 5.41 Å². The van der Waals surface area contributed by atoms with E-state index < -0.39 is 0 Å². The van der Waals surface area contributed by atoms with Crippen LogP contribution in [0.15, 0.2) is 30.3 Å². The number of nitrogens with one attached hydrogen (secondary N) is 1. The molecular formula is C17H24N2. The quantitative estimate of drug-likeness (QED) is 0.629. The van der Waals surface area contributed by atoms with E-state index in [-0.39, 0.29) is 5.41 Å². The monoisotopic (exact) mass is 256 g/mol. The second-order valence-corrected chi connectivity index (χ2v) is 6.05. The molecule has 1 aliphatic heterocycles. The molecule has 1 saturated carbocycles. The Kier molecular flexibility index (Phi) is 3.58. The minimum Gasteiger partial charge on any atom is -0.360 e. The van der Waals surface area contributed by atoms with Gasteiger partial charge in [0, 0.05) is 13.1 Å². The van der Waals surface area contributed by atoms with Crippen LogP contribution in [0.5, 0.6) is 0 Å². The Balaban J connectivity index is 1.90. The Hall–Kier alpha value is -1.31. The molecule has 3 rings (SSSR count). The van der Waals surface area contributed by atoms with Gasteiger partial charge in [-0.05, 0) is 37.7 Å². The fraction of sp³-hybridized carbons (Fsp3) is 0.588. The van der Waals surface area contributed by atoms with E-state index in [9.17, 15) is 0 Å². The van der Waals surface area contributed by atoms with E-state index in [1.165, 1.54) is 37.7 Å². The number of benzene rings is 1. The molecule has 1 N–H and O–H groups in total. The number of rotatable bonds is 2. The first-order valence-corrected chi connectivity index (χ1v) is 7.72. The van der Waals surface area contributed by atoms with Crippen molar-refractivity contribution in [1.82, 2.24) is 4.90 Å². The predicted octanol–water partition coefficient (Wildman–Crippen LogP) is 3.96. The van der Waals surface area contributed by atoms with E-state index in [4.69, 9.17) is 5.41 Å². The molecule has 2 fully saturated rings. The van der Waals surface area contributed by atoms with E-state index in [0.29, 0.717) is 0 Å². The largest absolute Gasteiger partial charge is 0.360 e. The molecule has 0 unspecified atom stereocenters. The first-order chi connectivity index (χ1) is 9.33. The highest BCUT2D eigenvalue weighted by Gasteiger charge is 2.42. The van der Waals surface area contributed by atoms with Gasteiger partial charge in [0.05, 0.1) is 5.41 Å². The van der Waals surface area contributed by atoms with Crippen molar-refractivity contribution < 1.29 is 0 Å². The number of hydrogen-bond donors (Lipinski definition) is 1. The molecule has 1 heterocycles. The molecule has 0 atom stereocenters. The van der Waals surface area contributed by atoms with E-state index in [1.807, 2.05) is 0 Å². The van der Waals surface area contributed by atoms with Crippen LogP contribution < -0.4 is 0 Å². The van der Waals surface area contributed by atoms with Gasteiger partial charge in [0.1, 0.15) is 5.84 Å². The highest BCUT2D eigenvalue weighted by molar-refractivity contribution is 5.91. The van der Waals surface area contributed by atoms with Crippen LogP contribution >= 0.6 is 0 Å². The highest BCUT2D eigenvalue weighted by atomic mass is 15.2. The minimum absolute atomic E-state index is 0.0125. The van der Waals surface area contributed by atoms with Crippen LogP contribution in [0, 0.1) is 5.41 Å². The van der Waals surface area contributed by atoms with Gasteiger partial charge in [0.2, 0.25) is 0 Å². The van der Waals surface area contributed by atoms with Crippen molar-refractivity contribution in [3.05, 3.63) is 35.9 Å². The topological polar surface area (TPSA) is 27.1 Å². The summed E-state index contributed by atoms with van der Waals surface area (Å²) in [7, 11) is 0. The highest BCUT2D eigenvalue weighted by Crippen LogP contribution is 2.43. The SMILES string of the molecule is N=C(N1CCCCC1)C1(c2ccccc2)CCCC1. The average molecular weight is 256 g/mol. The lowest BCUT2D eigenvalue weighted by molar-refractivity contribution is 0.314. The molecule has 1 saturated heterocycles. The molecule has 102 valence electrons. The average Bonchev–Trinajstić information content (AvgIpc) is 2.99. The van der Waals surface area contributed by atoms with Gasteiger partial charge in [-0.15, -0.1) is 0 Å². The summed E-state index contributed by atoms with van der Waals surface area (Å²) in [6.45, 7) is 2.18. The zero-order chi connectivity index (χ0) is 13.1. The summed E-state index contributed by atoms with van der Waals surface area (Å²) in [5, 5.41) is 8.79. The number of hydrogen-bond acceptors (Lipinski definition) is 1. The maximum atomic E-state index is 8.79. The Labute approximate surface area is 116 Å². The third-order valence-electron chi connectivity index (χ3n) is 4.91. The molecule has 2 aliphatic rings. The van der Waals surface area contributed by atoms with Gasteiger partial charge in [-0.25, -0.2) is 0 Å². The molecule has 0 spiro atoms. The summed E-state index contributed by atoms with van der Waals surface area (Å²) in [5.41, 5.74) is 1.38. The molecule has 1 aliphatic carbocycles. The minimum atomic E-state index is 0.0125. The van der Waals surface area contributed by atoms with Crippen LogP contribution in [-0.4, -0.2) is 23.8 Å². The number of amidine groups is 1. The molecule has 19 heavy (non-hydrogen) atoms. The van der Waals surface area contributed by atoms with Crippen LogP contribution in [-0.2, 0) is 5.41 Å². The molecular weight excluding hydrogens is 232 g/mol. The van der Waals surface area contributed by atoms with Gasteiger partial charge in [-0.3, -0.25) is 5.41 Å². The van der Waals surface area contributed by atoms with E-state index in [2.05, 4.69) is 35.2 Å². The van der Waals surface area contributed by atoms with Gasteiger partial charge < -0.3 is 4.90 Å². The first kappa shape index (κ1) is 12.7. The molecule has 2 nitrogen and oxygen atoms in total. The first-order valence-electron chi connectivity index (χ1n) is 7.72. The van der Waals surface area contributed by atoms with Gasteiger partial charge >= 0.3 is 0 Å². The van der Waals surface area contributed by atoms with Gasteiger partial charge in [-0.2, -0.15) is 0 Å². The van der Waals surface area contributed by atoms with Crippen LogP contribution in [0.3, 0.4) is 0 Å². The summed E-state index contributed by atoms with van der Waals surface area (Å²) < 4.78 is 0. The van der Waals surface area contributed by atoms with E-state index in [1.54, 1.807) is 0 Å². The van der Waals surface area contributed by atoms with Crippen molar-refractivity contribution in [3.8, 4) is 0 Å². The lowest BCUT2D eigenvalue weighted by Crippen LogP contribution is -2.47. The van der Waals surface area contributed by atoms with Gasteiger partial charge in [0.15, 0.2) is 0 Å². The molecule has 0 radical (unpaired) electrons. The van der Waals surface area contributed by atoms with E-state index >= 15 is 0 Å². The van der Waals surface area contributed by atoms with Gasteiger partial charge in [0.25, 0.3) is 0 Å². The second-order valence-electron chi connectivity index (χ2n) is 6.05. The predicted molar refractivity (Wildman–Crippen MR) is 79.7 cm³/mol. The maximum absolute atomic E-state index is 8.79. The number of piperidine rings is 1. The second kappa shape index (κ2) is 5.36. The Morgan fingerprint density at radius 3 is 2.16 bits per heavy atom. The van der Waals surface area contributed by atoms with Crippen molar-refractivity contribution >= 4 is 5.84 Å². The lowest BCUT2D eigenvalue weighted by atomic mass is 9.77. The molecule has 0 amide bonds. The van der Waals surface area contributed by atoms with Crippen molar-refractivity contribution in [2.24, 2.45) is 0 Å². The molecule has 2 heteroatoms. The van der Waals surface area contributed by atoms with Crippen molar-refractivity contribution in [2.75, 3.05) is 13.1 Å². The fourth-order valence-electron chi connectivity index (χ4n) is 3.82. The normalized spacial score (nSPS) is 22.4. The Morgan fingerprint density at radius 2 is 1.53 bits per heavy atom. The summed E-state index contributed by atoms with van der Waals surface area (Å²) >= 11 is 0. The molecule has 1 aromatic rings. The zero-order valence-electron chi connectivity index (χ0n) is 11.7. The molecule has 0 aromatic heterocycles. The maximum Gasteiger partial charge on any atom is 0.107 e. The standard InChI is InChI=1S/C17H24N2/c18-16(19-13-7-2-8-14-19)17(11-5-6-12-17)15-9-3-1-4-10-15/h1,3-4,9-10,18H,2,5-8,11-14H2. The Bertz CT molecular complexity index is 426. The lowest BCUT2D eigenvalue weighted by Gasteiger charge is -2.39. The third-order valence-corrected chi connectivity index (χ3v) is 4.91. The van der Waals surface area contributed by atoms with Crippen LogP contribution in [0.2, 0.25) is 0 Å². The third kappa shape index (κ3) is 2.29. The number of nitrogens with zero attached hydrogens (tertiary/aromatic N) is 1. The Morgan fingerprint density at radius 1 is 0.895 bits per heavy atom. The summed E-state index contributed by atoms with van der Waals surface area (Å²) in [4.78, 5) is 2.35. The van der Waals surface area contributed by atoms with E-state index in [0.717, 1.165) is 31.8 Å². The smallest absolute Gasteiger partial charge is 0.107 e. The summed E-state index contributed by atoms with van der Waals surface area (Å²) in [5.74, 6) is 0.899. The zero-order valence-corrected chi connectivity index (χ0v) is 11.7. The van der Waals surface area contributed by atoms with Crippen molar-refractivity contribution in [2.45, 2.75) is 50.4 Å². The summed E-state index contributed by atoms with van der Waals surface area (Å²) in [6.07, 6.45) is 8.71. The number of likely N-dealkylation sites (tertiary alicyclic amines) is 1. The molecule has 1 aromatic carbocycles. The van der Waals surface area contributed by atoms with Crippen molar-refractivity contribution in [3.63, 3.8) is 0 Å². The summed E-state index contributed by atoms with van der Waals surface area (Å²) in [6, 6.07) is 10.8. The fourth-order valence-corrected chi connectivity index (χ4v) is 3.82. The molecule has 0 bridgehead atoms. The van der Waals surface area contributed by atoms with Gasteiger partial charge in [-0.1, -0.05) is 43.2 Å². The van der Waals surface area contributed by atoms with Crippen LogP contribution in [0.4, 0.5) is 0 Å². The van der Waals surface area contributed by atoms with Crippen LogP contribution in [0.1, 0.15) is 50.5 Å².